The second-order valence-corrected chi connectivity index (χ2v) is 7.40. The van der Waals surface area contributed by atoms with Crippen molar-refractivity contribution in [3.05, 3.63) is 50.4 Å². The van der Waals surface area contributed by atoms with E-state index < -0.39 is 0 Å². The van der Waals surface area contributed by atoms with Crippen molar-refractivity contribution in [2.45, 2.75) is 44.9 Å². The number of benzene rings is 1. The Kier molecular flexibility index (Phi) is 3.97. The van der Waals surface area contributed by atoms with Gasteiger partial charge in [-0.1, -0.05) is 6.07 Å². The van der Waals surface area contributed by atoms with Gasteiger partial charge in [0.1, 0.15) is 0 Å². The van der Waals surface area contributed by atoms with Crippen LogP contribution in [0.5, 0.6) is 0 Å². The molecular weight excluding hydrogens is 342 g/mol. The normalized spacial score (nSPS) is 15.3. The highest BCUT2D eigenvalue weighted by Crippen LogP contribution is 2.39. The first-order valence-electron chi connectivity index (χ1n) is 9.64. The summed E-state index contributed by atoms with van der Waals surface area (Å²) in [5, 5.41) is 6.56. The van der Waals surface area contributed by atoms with Crippen molar-refractivity contribution in [2.75, 3.05) is 19.0 Å². The Balaban J connectivity index is 1.54. The molecule has 0 bridgehead atoms. The third-order valence-electron chi connectivity index (χ3n) is 5.66. The Morgan fingerprint density at radius 1 is 1.11 bits per heavy atom. The molecule has 2 heterocycles. The highest BCUT2D eigenvalue weighted by Gasteiger charge is 2.24. The molecule has 0 spiro atoms. The molecule has 7 nitrogen and oxygen atoms in total. The Bertz CT molecular complexity index is 1050. The summed E-state index contributed by atoms with van der Waals surface area (Å²) in [6.45, 7) is 0.528. The van der Waals surface area contributed by atoms with Crippen molar-refractivity contribution in [3.8, 4) is 0 Å². The molecule has 0 amide bonds. The van der Waals surface area contributed by atoms with Crippen LogP contribution in [0, 0.1) is 0 Å². The second-order valence-electron chi connectivity index (χ2n) is 7.40. The van der Waals surface area contributed by atoms with E-state index in [4.69, 9.17) is 4.74 Å². The average Bonchev–Trinajstić information content (AvgIpc) is 3.38. The molecule has 0 unspecified atom stereocenters. The highest BCUT2D eigenvalue weighted by molar-refractivity contribution is 5.70. The number of hydrogen-bond donors (Lipinski definition) is 2. The molecule has 2 aromatic heterocycles. The number of methoxy groups -OCH3 is 1. The zero-order valence-corrected chi connectivity index (χ0v) is 15.5. The third kappa shape index (κ3) is 2.82. The summed E-state index contributed by atoms with van der Waals surface area (Å²) in [4.78, 5) is 21.4. The van der Waals surface area contributed by atoms with E-state index in [9.17, 15) is 4.79 Å². The molecule has 0 atom stereocenters. The fourth-order valence-corrected chi connectivity index (χ4v) is 4.40. The number of nitrogens with one attached hydrogen (secondary N) is 2. The fourth-order valence-electron chi connectivity index (χ4n) is 4.40. The van der Waals surface area contributed by atoms with Crippen molar-refractivity contribution in [1.29, 1.82) is 0 Å². The lowest BCUT2D eigenvalue weighted by molar-refractivity contribution is 0.201. The van der Waals surface area contributed by atoms with Crippen LogP contribution in [0.2, 0.25) is 0 Å². The van der Waals surface area contributed by atoms with E-state index in [0.29, 0.717) is 30.4 Å². The van der Waals surface area contributed by atoms with Crippen LogP contribution in [0.25, 0.3) is 5.78 Å². The van der Waals surface area contributed by atoms with Gasteiger partial charge in [0.05, 0.1) is 12.3 Å². The van der Waals surface area contributed by atoms with E-state index in [-0.39, 0.29) is 5.56 Å². The minimum absolute atomic E-state index is 0.157. The van der Waals surface area contributed by atoms with Gasteiger partial charge < -0.3 is 10.1 Å². The lowest BCUT2D eigenvalue weighted by atomic mass is 9.99. The van der Waals surface area contributed by atoms with E-state index in [0.717, 1.165) is 25.7 Å². The SMILES string of the molecule is COCCc1cc(=O)n2[nH]c(Nc3c4c(cc5c3CCC5)CCC4)nc2n1. The molecular formula is C20H23N5O2. The maximum atomic E-state index is 12.4. The first kappa shape index (κ1) is 16.5. The largest absolute Gasteiger partial charge is 0.384 e. The van der Waals surface area contributed by atoms with Gasteiger partial charge in [0.15, 0.2) is 0 Å². The van der Waals surface area contributed by atoms with Crippen LogP contribution in [-0.2, 0) is 36.8 Å². The lowest BCUT2D eigenvalue weighted by Crippen LogP contribution is -2.16. The van der Waals surface area contributed by atoms with Crippen LogP contribution in [0.3, 0.4) is 0 Å². The van der Waals surface area contributed by atoms with E-state index in [1.807, 2.05) is 0 Å². The molecule has 2 N–H and O–H groups in total. The van der Waals surface area contributed by atoms with Crippen molar-refractivity contribution < 1.29 is 4.74 Å². The Labute approximate surface area is 156 Å². The van der Waals surface area contributed by atoms with Crippen molar-refractivity contribution in [3.63, 3.8) is 0 Å². The van der Waals surface area contributed by atoms with Gasteiger partial charge in [0.25, 0.3) is 11.3 Å². The molecule has 2 aliphatic rings. The molecule has 0 radical (unpaired) electrons. The second kappa shape index (κ2) is 6.49. The van der Waals surface area contributed by atoms with E-state index >= 15 is 0 Å². The number of rotatable bonds is 5. The van der Waals surface area contributed by atoms with Gasteiger partial charge in [0.2, 0.25) is 5.95 Å². The van der Waals surface area contributed by atoms with E-state index in [1.54, 1.807) is 7.11 Å². The lowest BCUT2D eigenvalue weighted by Gasteiger charge is -2.15. The summed E-state index contributed by atoms with van der Waals surface area (Å²) in [6, 6.07) is 3.94. The Morgan fingerprint density at radius 3 is 2.56 bits per heavy atom. The van der Waals surface area contributed by atoms with Gasteiger partial charge in [-0.2, -0.15) is 9.50 Å². The molecule has 0 aliphatic heterocycles. The zero-order chi connectivity index (χ0) is 18.4. The van der Waals surface area contributed by atoms with Crippen LogP contribution in [0.1, 0.15) is 40.8 Å². The van der Waals surface area contributed by atoms with Crippen LogP contribution < -0.4 is 10.9 Å². The van der Waals surface area contributed by atoms with Crippen LogP contribution in [0.15, 0.2) is 16.9 Å². The topological polar surface area (TPSA) is 84.3 Å². The van der Waals surface area contributed by atoms with Gasteiger partial charge in [-0.3, -0.25) is 9.89 Å². The maximum Gasteiger partial charge on any atom is 0.274 e. The van der Waals surface area contributed by atoms with Crippen LogP contribution in [-0.4, -0.2) is 33.3 Å². The summed E-state index contributed by atoms with van der Waals surface area (Å²) in [7, 11) is 1.64. The predicted octanol–water partition coefficient (Wildman–Crippen LogP) is 2.33. The number of ether oxygens (including phenoxy) is 1. The van der Waals surface area contributed by atoms with Gasteiger partial charge >= 0.3 is 0 Å². The number of aromatic nitrogens is 4. The number of nitrogens with zero attached hydrogens (tertiary/aromatic N) is 3. The Morgan fingerprint density at radius 2 is 1.85 bits per heavy atom. The third-order valence-corrected chi connectivity index (χ3v) is 5.66. The quantitative estimate of drug-likeness (QED) is 0.725. The average molecular weight is 365 g/mol. The maximum absolute atomic E-state index is 12.4. The Hall–Kier alpha value is -2.67. The number of fused-ring (bicyclic) bond motifs is 3. The minimum Gasteiger partial charge on any atom is -0.384 e. The molecule has 1 aromatic carbocycles. The minimum atomic E-state index is -0.157. The molecule has 7 heteroatoms. The van der Waals surface area contributed by atoms with Gasteiger partial charge in [0, 0.05) is 25.3 Å². The first-order valence-corrected chi connectivity index (χ1v) is 9.64. The molecule has 0 saturated carbocycles. The first-order chi connectivity index (χ1) is 13.2. The zero-order valence-electron chi connectivity index (χ0n) is 15.5. The number of anilines is 2. The summed E-state index contributed by atoms with van der Waals surface area (Å²) >= 11 is 0. The summed E-state index contributed by atoms with van der Waals surface area (Å²) in [5.41, 5.74) is 7.49. The number of hydrogen-bond acceptors (Lipinski definition) is 5. The van der Waals surface area contributed by atoms with Crippen LogP contribution in [0.4, 0.5) is 11.6 Å². The standard InChI is InChI=1S/C20H23N5O2/c1-27-9-8-14-11-17(26)25-20(21-14)23-19(24-25)22-18-15-6-2-4-12(15)10-13-5-3-7-16(13)18/h10-11H,2-9H2,1H3,(H2,21,22,23,24). The van der Waals surface area contributed by atoms with Crippen molar-refractivity contribution in [2.24, 2.45) is 0 Å². The molecule has 0 saturated heterocycles. The molecule has 27 heavy (non-hydrogen) atoms. The van der Waals surface area contributed by atoms with Crippen molar-refractivity contribution in [1.82, 2.24) is 19.6 Å². The highest BCUT2D eigenvalue weighted by atomic mass is 16.5. The monoisotopic (exact) mass is 365 g/mol. The summed E-state index contributed by atoms with van der Waals surface area (Å²) < 4.78 is 6.47. The molecule has 5 rings (SSSR count). The van der Waals surface area contributed by atoms with E-state index in [1.165, 1.54) is 51.4 Å². The number of aromatic amines is 1. The smallest absolute Gasteiger partial charge is 0.274 e. The molecule has 0 fully saturated rings. The number of H-pyrrole nitrogens is 1. The van der Waals surface area contributed by atoms with Gasteiger partial charge in [-0.05, 0) is 60.8 Å². The predicted molar refractivity (Wildman–Crippen MR) is 103 cm³/mol. The molecule has 2 aliphatic carbocycles. The molecule has 3 aromatic rings. The van der Waals surface area contributed by atoms with Gasteiger partial charge in [-0.15, -0.1) is 0 Å². The number of aryl methyl sites for hydroxylation is 2. The fraction of sp³-hybridized carbons (Fsp3) is 0.450. The van der Waals surface area contributed by atoms with E-state index in [2.05, 4.69) is 26.4 Å². The van der Waals surface area contributed by atoms with Crippen LogP contribution >= 0.6 is 0 Å². The van der Waals surface area contributed by atoms with Crippen molar-refractivity contribution >= 4 is 17.4 Å². The molecule has 140 valence electrons. The van der Waals surface area contributed by atoms with Gasteiger partial charge in [-0.25, -0.2) is 4.98 Å². The summed E-state index contributed by atoms with van der Waals surface area (Å²) in [5.74, 6) is 0.957. The summed E-state index contributed by atoms with van der Waals surface area (Å²) in [6.07, 6.45) is 7.52.